The predicted octanol–water partition coefficient (Wildman–Crippen LogP) is 9.77. The van der Waals surface area contributed by atoms with E-state index in [0.717, 1.165) is 0 Å². The molecule has 8 aromatic rings. The Morgan fingerprint density at radius 3 is 1.19 bits per heavy atom. The van der Waals surface area contributed by atoms with Crippen molar-refractivity contribution >= 4 is 95.2 Å². The number of primary sulfonamides is 2. The maximum atomic E-state index is 14.2. The Bertz CT molecular complexity index is 3250. The van der Waals surface area contributed by atoms with Crippen molar-refractivity contribution in [3.05, 3.63) is 199 Å². The Labute approximate surface area is 428 Å². The van der Waals surface area contributed by atoms with Crippen LogP contribution >= 0.6 is 63.3 Å². The van der Waals surface area contributed by atoms with Crippen molar-refractivity contribution < 1.29 is 40.0 Å². The van der Waals surface area contributed by atoms with Gasteiger partial charge in [-0.1, -0.05) is 113 Å². The highest BCUT2D eigenvalue weighted by molar-refractivity contribution is 9.10. The molecule has 6 N–H and O–H groups in total. The highest BCUT2D eigenvalue weighted by Crippen LogP contribution is 2.38. The molecule has 0 aliphatic carbocycles. The second-order valence-corrected chi connectivity index (χ2v) is 21.7. The summed E-state index contributed by atoms with van der Waals surface area (Å²) in [5, 5.41) is 26.2. The first kappa shape index (κ1) is 50.4. The third kappa shape index (κ3) is 12.1. The number of halogens is 4. The Hall–Kier alpha value is -5.94. The molecule has 356 valence electrons. The molecule has 0 spiro atoms. The number of nitrogens with two attached hydrogens (primary N) is 2. The van der Waals surface area contributed by atoms with Crippen molar-refractivity contribution in [1.82, 2.24) is 30.2 Å². The van der Waals surface area contributed by atoms with Gasteiger partial charge in [-0.3, -0.25) is 9.59 Å². The molecule has 70 heavy (non-hydrogen) atoms. The zero-order chi connectivity index (χ0) is 49.9. The van der Waals surface area contributed by atoms with Gasteiger partial charge in [0.25, 0.3) is 11.8 Å². The molecule has 0 fully saturated rings. The van der Waals surface area contributed by atoms with Crippen molar-refractivity contribution in [2.75, 3.05) is 0 Å². The van der Waals surface area contributed by atoms with E-state index >= 15 is 0 Å². The number of benzene rings is 6. The van der Waals surface area contributed by atoms with E-state index in [-0.39, 0.29) is 21.2 Å². The number of carbonyl (C=O) groups is 2. The van der Waals surface area contributed by atoms with Gasteiger partial charge in [-0.15, -0.1) is 0 Å². The molecule has 2 unspecified atom stereocenters. The van der Waals surface area contributed by atoms with Gasteiger partial charge in [0.15, 0.2) is 11.4 Å². The zero-order valence-electron chi connectivity index (χ0n) is 35.6. The molecule has 0 radical (unpaired) electrons. The third-order valence-corrected chi connectivity index (χ3v) is 14.4. The summed E-state index contributed by atoms with van der Waals surface area (Å²) < 4.78 is 78.3. The van der Waals surface area contributed by atoms with E-state index in [1.807, 2.05) is 0 Å². The third-order valence-electron chi connectivity index (χ3n) is 10.2. The maximum Gasteiger partial charge on any atom is 0.702 e. The fourth-order valence-electron chi connectivity index (χ4n) is 6.78. The number of nitrogens with zero attached hydrogens (tertiary/aromatic N) is 4. The summed E-state index contributed by atoms with van der Waals surface area (Å²) in [5.41, 5.74) is 3.33. The number of hydrogen-bond donors (Lipinski definition) is 4. The minimum atomic E-state index is -4.01. The van der Waals surface area contributed by atoms with E-state index in [1.165, 1.54) is 70.0 Å². The molecular formula is C46H34Br2Cl2N8O9PS2+. The summed E-state index contributed by atoms with van der Waals surface area (Å²) in [6.45, 7) is 0. The van der Waals surface area contributed by atoms with Crippen LogP contribution in [0.5, 0.6) is 0 Å². The minimum absolute atomic E-state index is 0.111. The van der Waals surface area contributed by atoms with Gasteiger partial charge in [0, 0.05) is 45.8 Å². The average molecular weight is 1170 g/mol. The molecule has 24 heteroatoms. The molecule has 0 bridgehead atoms. The summed E-state index contributed by atoms with van der Waals surface area (Å²) in [7, 11) is -11.2. The van der Waals surface area contributed by atoms with Gasteiger partial charge in [-0.2, -0.15) is 10.2 Å². The van der Waals surface area contributed by atoms with Gasteiger partial charge in [0.05, 0.1) is 32.6 Å². The van der Waals surface area contributed by atoms with Gasteiger partial charge in [-0.25, -0.2) is 36.5 Å². The second kappa shape index (κ2) is 21.2. The minimum Gasteiger partial charge on any atom is -0.317 e. The van der Waals surface area contributed by atoms with Gasteiger partial charge >= 0.3 is 8.25 Å². The molecule has 2 atom stereocenters. The largest absolute Gasteiger partial charge is 0.702 e. The van der Waals surface area contributed by atoms with Crippen LogP contribution in [0.4, 0.5) is 0 Å². The lowest BCUT2D eigenvalue weighted by Crippen LogP contribution is -2.31. The van der Waals surface area contributed by atoms with E-state index in [9.17, 15) is 31.0 Å². The number of aromatic nitrogens is 4. The molecule has 0 saturated carbocycles. The quantitative estimate of drug-likeness (QED) is 0.0523. The first-order chi connectivity index (χ1) is 33.3. The number of sulfonamides is 2. The van der Waals surface area contributed by atoms with E-state index in [1.54, 1.807) is 97.1 Å². The average Bonchev–Trinajstić information content (AvgIpc) is 3.99. The SMILES string of the molecule is NS(=O)(=O)c1ccc(-n2nc(C(=O)NC(O[P+](=O)OC(NC(=O)c3cc(-c4ccc(Cl)cc4)n(-c4ccc(S(N)(=O)=O)cc4)n3)c3ccc(Br)cc3)c3ccc(Br)cc3)cc2-c2ccc(Cl)cc2)cc1. The Balaban J connectivity index is 1.08. The Morgan fingerprint density at radius 1 is 0.543 bits per heavy atom. The van der Waals surface area contributed by atoms with Gasteiger partial charge in [0.2, 0.25) is 32.5 Å². The number of amides is 2. The molecule has 17 nitrogen and oxygen atoms in total. The van der Waals surface area contributed by atoms with Gasteiger partial charge < -0.3 is 10.6 Å². The molecule has 2 aromatic heterocycles. The van der Waals surface area contributed by atoms with Crippen LogP contribution in [0.2, 0.25) is 10.0 Å². The normalized spacial score (nSPS) is 12.8. The summed E-state index contributed by atoms with van der Waals surface area (Å²) in [4.78, 5) is 28.1. The maximum absolute atomic E-state index is 14.2. The number of carbonyl (C=O) groups excluding carboxylic acids is 2. The van der Waals surface area contributed by atoms with E-state index in [4.69, 9.17) is 42.5 Å². The molecular weight excluding hydrogens is 1130 g/mol. The molecule has 0 saturated heterocycles. The summed E-state index contributed by atoms with van der Waals surface area (Å²) in [5.74, 6) is -1.54. The van der Waals surface area contributed by atoms with Crippen LogP contribution in [-0.2, 0) is 33.7 Å². The van der Waals surface area contributed by atoms with E-state index in [2.05, 4.69) is 52.7 Å². The lowest BCUT2D eigenvalue weighted by Gasteiger charge is -2.15. The number of hydrogen-bond acceptors (Lipinski definition) is 11. The topological polar surface area (TPSA) is 250 Å². The van der Waals surface area contributed by atoms with Gasteiger partial charge in [-0.05, 0) is 109 Å². The second-order valence-electron chi connectivity index (χ2n) is 15.0. The smallest absolute Gasteiger partial charge is 0.317 e. The fraction of sp³-hybridized carbons (Fsp3) is 0.0435. The standard InChI is InChI=1S/C46H33Br2Cl2N8O9PS2/c47-31-9-1-29(2-10-31)45(53-43(59)39-25-41(27-5-13-33(49)14-6-27)57(55-39)35-17-21-37(22-18-35)69(51,62)63)66-68(61)67-46(30-3-11-32(48)12-4-30)54-44(60)40-26-42(28-7-15-34(50)16-8-28)58(56-40)36-19-23-38(24-20-36)70(52,64)65/h1-26,45-46H,(H5-,51,52,53,54,59,60,62,63,64,65)/p+1. The number of nitrogens with one attached hydrogen (secondary N) is 2. The van der Waals surface area contributed by atoms with Crippen LogP contribution in [0.25, 0.3) is 33.9 Å². The van der Waals surface area contributed by atoms with Crippen LogP contribution in [0, 0.1) is 0 Å². The highest BCUT2D eigenvalue weighted by Gasteiger charge is 2.36. The van der Waals surface area contributed by atoms with Crippen molar-refractivity contribution in [2.45, 2.75) is 22.2 Å². The highest BCUT2D eigenvalue weighted by atomic mass is 79.9. The molecule has 2 amide bonds. The number of rotatable bonds is 16. The molecule has 0 aliphatic heterocycles. The van der Waals surface area contributed by atoms with Crippen molar-refractivity contribution in [1.29, 1.82) is 0 Å². The van der Waals surface area contributed by atoms with Crippen molar-refractivity contribution in [3.8, 4) is 33.9 Å². The Kier molecular flexibility index (Phi) is 15.3. The molecule has 2 heterocycles. The fourth-order valence-corrected chi connectivity index (χ4v) is 9.34. The molecule has 8 rings (SSSR count). The van der Waals surface area contributed by atoms with Crippen LogP contribution in [0.1, 0.15) is 44.6 Å². The van der Waals surface area contributed by atoms with Gasteiger partial charge in [0.1, 0.15) is 0 Å². The van der Waals surface area contributed by atoms with Crippen LogP contribution in [0.3, 0.4) is 0 Å². The molecule has 0 aliphatic rings. The lowest BCUT2D eigenvalue weighted by molar-refractivity contribution is 0.0688. The van der Waals surface area contributed by atoms with E-state index in [0.29, 0.717) is 64.0 Å². The molecule has 6 aromatic carbocycles. The van der Waals surface area contributed by atoms with Crippen LogP contribution in [0.15, 0.2) is 176 Å². The first-order valence-corrected chi connectivity index (χ1v) is 26.7. The monoisotopic (exact) mass is 1160 g/mol. The van der Waals surface area contributed by atoms with Crippen molar-refractivity contribution in [2.24, 2.45) is 10.3 Å². The van der Waals surface area contributed by atoms with E-state index < -0.39 is 52.6 Å². The predicted molar refractivity (Wildman–Crippen MR) is 269 cm³/mol. The zero-order valence-corrected chi connectivity index (χ0v) is 42.8. The first-order valence-electron chi connectivity index (χ1n) is 20.2. The Morgan fingerprint density at radius 2 is 0.871 bits per heavy atom. The summed E-state index contributed by atoms with van der Waals surface area (Å²) >= 11 is 19.2. The summed E-state index contributed by atoms with van der Waals surface area (Å²) in [6, 6.07) is 40.8. The summed E-state index contributed by atoms with van der Waals surface area (Å²) in [6.07, 6.45) is -2.86. The lowest BCUT2D eigenvalue weighted by atomic mass is 10.1. The van der Waals surface area contributed by atoms with Crippen LogP contribution < -0.4 is 20.9 Å². The van der Waals surface area contributed by atoms with Crippen molar-refractivity contribution in [3.63, 3.8) is 0 Å². The van der Waals surface area contributed by atoms with Crippen LogP contribution in [-0.4, -0.2) is 48.2 Å².